The van der Waals surface area contributed by atoms with Crippen LogP contribution in [0.15, 0.2) is 84.9 Å². The summed E-state index contributed by atoms with van der Waals surface area (Å²) in [4.78, 5) is 41.5. The third kappa shape index (κ3) is 8.27. The Hall–Kier alpha value is -3.98. The molecule has 41 heavy (non-hydrogen) atoms. The van der Waals surface area contributed by atoms with Gasteiger partial charge in [0.2, 0.25) is 21.8 Å². The van der Waals surface area contributed by atoms with Gasteiger partial charge in [-0.2, -0.15) is 0 Å². The molecule has 0 saturated heterocycles. The first kappa shape index (κ1) is 30.0. The SMILES string of the molecule is CC(=O)c1cccc(N(CC(=O)N(Cc2ccccc2)C(Cc2ccccc2)C(=O)NC2CCCC2)S(C)(=O)=O)c1. The Morgan fingerprint density at radius 1 is 0.878 bits per heavy atom. The standard InChI is InChI=1S/C32H37N3O5S/c1-24(36)27-16-11-19-29(21-27)35(41(2,39)40)23-31(37)34(22-26-14-7-4-8-15-26)30(20-25-12-5-3-6-13-25)32(38)33-28-17-9-10-18-28/h3-8,11-16,19,21,28,30H,9-10,17-18,20,22-23H2,1-2H3,(H,33,38). The van der Waals surface area contributed by atoms with E-state index in [0.29, 0.717) is 5.56 Å². The predicted octanol–water partition coefficient (Wildman–Crippen LogP) is 4.35. The highest BCUT2D eigenvalue weighted by Gasteiger charge is 2.34. The van der Waals surface area contributed by atoms with E-state index in [1.807, 2.05) is 60.7 Å². The van der Waals surface area contributed by atoms with Crippen LogP contribution in [0.1, 0.15) is 54.1 Å². The summed E-state index contributed by atoms with van der Waals surface area (Å²) in [6, 6.07) is 24.2. The van der Waals surface area contributed by atoms with Crippen LogP contribution in [0, 0.1) is 0 Å². The van der Waals surface area contributed by atoms with Gasteiger partial charge in [-0.3, -0.25) is 18.7 Å². The lowest BCUT2D eigenvalue weighted by molar-refractivity contribution is -0.140. The van der Waals surface area contributed by atoms with Crippen molar-refractivity contribution in [3.05, 3.63) is 102 Å². The minimum absolute atomic E-state index is 0.0521. The molecule has 1 atom stereocenters. The zero-order valence-electron chi connectivity index (χ0n) is 23.5. The lowest BCUT2D eigenvalue weighted by Gasteiger charge is -2.34. The number of Topliss-reactive ketones (excluding diaryl/α,β-unsaturated/α-hetero) is 1. The van der Waals surface area contributed by atoms with Gasteiger partial charge in [0.05, 0.1) is 11.9 Å². The number of amides is 2. The lowest BCUT2D eigenvalue weighted by atomic mass is 10.0. The number of hydrogen-bond donors (Lipinski definition) is 1. The average Bonchev–Trinajstić information content (AvgIpc) is 3.47. The first-order valence-electron chi connectivity index (χ1n) is 13.9. The topological polar surface area (TPSA) is 104 Å². The highest BCUT2D eigenvalue weighted by molar-refractivity contribution is 7.92. The van der Waals surface area contributed by atoms with E-state index in [-0.39, 0.29) is 36.4 Å². The maximum absolute atomic E-state index is 14.1. The summed E-state index contributed by atoms with van der Waals surface area (Å²) in [6.07, 6.45) is 5.18. The number of sulfonamides is 1. The Bertz CT molecular complexity index is 1450. The van der Waals surface area contributed by atoms with Gasteiger partial charge in [-0.05, 0) is 43.0 Å². The largest absolute Gasteiger partial charge is 0.352 e. The van der Waals surface area contributed by atoms with Gasteiger partial charge in [0.15, 0.2) is 5.78 Å². The number of ketones is 1. The number of carbonyl (C=O) groups is 3. The van der Waals surface area contributed by atoms with Gasteiger partial charge in [-0.1, -0.05) is 85.6 Å². The number of nitrogens with one attached hydrogen (secondary N) is 1. The Balaban J connectivity index is 1.72. The number of carbonyl (C=O) groups excluding carboxylic acids is 3. The molecule has 8 nitrogen and oxygen atoms in total. The van der Waals surface area contributed by atoms with Crippen molar-refractivity contribution >= 4 is 33.3 Å². The Morgan fingerprint density at radius 3 is 2.07 bits per heavy atom. The van der Waals surface area contributed by atoms with Crippen molar-refractivity contribution in [1.29, 1.82) is 0 Å². The van der Waals surface area contributed by atoms with Gasteiger partial charge in [0.1, 0.15) is 12.6 Å². The molecular formula is C32H37N3O5S. The van der Waals surface area contributed by atoms with Gasteiger partial charge in [0.25, 0.3) is 0 Å². The normalized spacial score (nSPS) is 14.3. The van der Waals surface area contributed by atoms with Crippen molar-refractivity contribution in [2.24, 2.45) is 0 Å². The van der Waals surface area contributed by atoms with E-state index < -0.39 is 28.5 Å². The van der Waals surface area contributed by atoms with E-state index in [9.17, 15) is 22.8 Å². The van der Waals surface area contributed by atoms with E-state index in [1.54, 1.807) is 18.2 Å². The third-order valence-electron chi connectivity index (χ3n) is 7.39. The van der Waals surface area contributed by atoms with Crippen molar-refractivity contribution in [1.82, 2.24) is 10.2 Å². The second kappa shape index (κ2) is 13.6. The molecule has 0 radical (unpaired) electrons. The molecule has 1 aliphatic carbocycles. The molecule has 1 saturated carbocycles. The Kier molecular flexibility index (Phi) is 9.94. The summed E-state index contributed by atoms with van der Waals surface area (Å²) >= 11 is 0. The third-order valence-corrected chi connectivity index (χ3v) is 8.53. The summed E-state index contributed by atoms with van der Waals surface area (Å²) in [5, 5.41) is 3.15. The molecule has 1 fully saturated rings. The molecule has 1 aliphatic rings. The smallest absolute Gasteiger partial charge is 0.244 e. The van der Waals surface area contributed by atoms with Crippen LogP contribution in [0.4, 0.5) is 5.69 Å². The Morgan fingerprint density at radius 2 is 1.49 bits per heavy atom. The van der Waals surface area contributed by atoms with E-state index in [1.165, 1.54) is 17.9 Å². The van der Waals surface area contributed by atoms with Crippen LogP contribution in [0.2, 0.25) is 0 Å². The number of nitrogens with zero attached hydrogens (tertiary/aromatic N) is 2. The fraction of sp³-hybridized carbons (Fsp3) is 0.344. The zero-order valence-corrected chi connectivity index (χ0v) is 24.3. The van der Waals surface area contributed by atoms with Crippen molar-refractivity contribution < 1.29 is 22.8 Å². The van der Waals surface area contributed by atoms with Crippen LogP contribution in [0.25, 0.3) is 0 Å². The maximum atomic E-state index is 14.1. The Labute approximate surface area is 242 Å². The molecule has 0 bridgehead atoms. The number of rotatable bonds is 12. The molecule has 3 aromatic carbocycles. The van der Waals surface area contributed by atoms with Crippen LogP contribution >= 0.6 is 0 Å². The second-order valence-electron chi connectivity index (χ2n) is 10.6. The van der Waals surface area contributed by atoms with E-state index in [2.05, 4.69) is 5.32 Å². The molecule has 1 N–H and O–H groups in total. The van der Waals surface area contributed by atoms with Gasteiger partial charge in [-0.25, -0.2) is 8.42 Å². The average molecular weight is 576 g/mol. The molecule has 4 rings (SSSR count). The highest BCUT2D eigenvalue weighted by Crippen LogP contribution is 2.23. The minimum atomic E-state index is -3.91. The molecule has 0 aromatic heterocycles. The van der Waals surface area contributed by atoms with Crippen molar-refractivity contribution in [2.45, 2.75) is 57.7 Å². The molecule has 9 heteroatoms. The van der Waals surface area contributed by atoms with Crippen LogP contribution in [-0.2, 0) is 32.6 Å². The predicted molar refractivity (Wildman–Crippen MR) is 160 cm³/mol. The lowest BCUT2D eigenvalue weighted by Crippen LogP contribution is -2.54. The van der Waals surface area contributed by atoms with E-state index in [0.717, 1.165) is 47.4 Å². The van der Waals surface area contributed by atoms with Gasteiger partial charge in [0, 0.05) is 24.6 Å². The number of hydrogen-bond acceptors (Lipinski definition) is 5. The summed E-state index contributed by atoms with van der Waals surface area (Å²) in [6.45, 7) is 1.00. The maximum Gasteiger partial charge on any atom is 0.244 e. The highest BCUT2D eigenvalue weighted by atomic mass is 32.2. The minimum Gasteiger partial charge on any atom is -0.352 e. The fourth-order valence-electron chi connectivity index (χ4n) is 5.20. The van der Waals surface area contributed by atoms with E-state index in [4.69, 9.17) is 0 Å². The van der Waals surface area contributed by atoms with Crippen LogP contribution in [0.5, 0.6) is 0 Å². The van der Waals surface area contributed by atoms with Crippen molar-refractivity contribution in [2.75, 3.05) is 17.1 Å². The molecular weight excluding hydrogens is 538 g/mol. The van der Waals surface area contributed by atoms with Crippen LogP contribution in [-0.4, -0.2) is 55.8 Å². The molecule has 2 amide bonds. The van der Waals surface area contributed by atoms with Gasteiger partial charge >= 0.3 is 0 Å². The number of benzene rings is 3. The summed E-state index contributed by atoms with van der Waals surface area (Å²) in [5.74, 6) is -0.992. The molecule has 0 spiro atoms. The van der Waals surface area contributed by atoms with Gasteiger partial charge in [-0.15, -0.1) is 0 Å². The van der Waals surface area contributed by atoms with Crippen molar-refractivity contribution in [3.8, 4) is 0 Å². The quantitative estimate of drug-likeness (QED) is 0.324. The fourth-order valence-corrected chi connectivity index (χ4v) is 6.04. The molecule has 3 aromatic rings. The van der Waals surface area contributed by atoms with Crippen LogP contribution < -0.4 is 9.62 Å². The van der Waals surface area contributed by atoms with E-state index >= 15 is 0 Å². The monoisotopic (exact) mass is 575 g/mol. The molecule has 0 heterocycles. The van der Waals surface area contributed by atoms with Crippen molar-refractivity contribution in [3.63, 3.8) is 0 Å². The first-order chi connectivity index (χ1) is 19.6. The summed E-state index contributed by atoms with van der Waals surface area (Å²) in [7, 11) is -3.91. The second-order valence-corrected chi connectivity index (χ2v) is 12.5. The van der Waals surface area contributed by atoms with Gasteiger partial charge < -0.3 is 10.2 Å². The molecule has 1 unspecified atom stereocenters. The summed E-state index contributed by atoms with van der Waals surface area (Å²) < 4.78 is 26.9. The summed E-state index contributed by atoms with van der Waals surface area (Å²) in [5.41, 5.74) is 2.25. The molecule has 216 valence electrons. The number of anilines is 1. The molecule has 0 aliphatic heterocycles. The first-order valence-corrected chi connectivity index (χ1v) is 15.7. The zero-order chi connectivity index (χ0) is 29.4. The van der Waals surface area contributed by atoms with Crippen LogP contribution in [0.3, 0.4) is 0 Å².